The molecule has 0 aromatic heterocycles. The van der Waals surface area contributed by atoms with Crippen LogP contribution in [0.1, 0.15) is 39.5 Å². The molecule has 1 aliphatic rings. The number of nitrogens with one attached hydrogen (secondary N) is 2. The van der Waals surface area contributed by atoms with Crippen LogP contribution in [0.5, 0.6) is 5.75 Å². The van der Waals surface area contributed by atoms with Crippen molar-refractivity contribution >= 4 is 11.6 Å². The lowest BCUT2D eigenvalue weighted by molar-refractivity contribution is -0.384. The molecule has 0 amide bonds. The second-order valence-electron chi connectivity index (χ2n) is 7.00. The number of nitro benzene ring substituents is 1. The maximum absolute atomic E-state index is 10.6. The average molecular weight is 378 g/mol. The summed E-state index contributed by atoms with van der Waals surface area (Å²) in [4.78, 5) is 14.8. The van der Waals surface area contributed by atoms with E-state index in [1.54, 1.807) is 0 Å². The zero-order valence-corrected chi connectivity index (χ0v) is 16.1. The van der Waals surface area contributed by atoms with Crippen molar-refractivity contribution in [2.75, 3.05) is 26.2 Å². The number of aliphatic imine (C=N–C) groups is 1. The fourth-order valence-corrected chi connectivity index (χ4v) is 3.02. The number of hydrogen-bond acceptors (Lipinski definition) is 5. The highest BCUT2D eigenvalue weighted by Crippen LogP contribution is 2.43. The van der Waals surface area contributed by atoms with E-state index < -0.39 is 11.0 Å². The molecule has 8 nitrogen and oxygen atoms in total. The molecule has 1 saturated carbocycles. The van der Waals surface area contributed by atoms with Crippen LogP contribution in [0.15, 0.2) is 29.3 Å². The van der Waals surface area contributed by atoms with E-state index in [2.05, 4.69) is 22.5 Å². The Morgan fingerprint density at radius 3 is 2.56 bits per heavy atom. The maximum Gasteiger partial charge on any atom is 0.269 e. The van der Waals surface area contributed by atoms with E-state index in [1.807, 2.05) is 6.92 Å². The SMILES string of the molecule is CCNC(=NCC1(CC)CCC1)NCC(O)COc1ccc([N+](=O)[O-])cc1. The molecule has 8 heteroatoms. The third-order valence-electron chi connectivity index (χ3n) is 5.08. The van der Waals surface area contributed by atoms with Crippen molar-refractivity contribution in [1.29, 1.82) is 0 Å². The van der Waals surface area contributed by atoms with Gasteiger partial charge < -0.3 is 20.5 Å². The molecule has 3 N–H and O–H groups in total. The Labute approximate surface area is 160 Å². The summed E-state index contributed by atoms with van der Waals surface area (Å²) in [5.74, 6) is 1.18. The zero-order chi connectivity index (χ0) is 19.7. The van der Waals surface area contributed by atoms with Gasteiger partial charge in [-0.15, -0.1) is 0 Å². The summed E-state index contributed by atoms with van der Waals surface area (Å²) in [5.41, 5.74) is 0.354. The second kappa shape index (κ2) is 10.1. The summed E-state index contributed by atoms with van der Waals surface area (Å²) in [7, 11) is 0. The Bertz CT molecular complexity index is 624. The number of aliphatic hydroxyl groups is 1. The molecule has 27 heavy (non-hydrogen) atoms. The highest BCUT2D eigenvalue weighted by molar-refractivity contribution is 5.79. The van der Waals surface area contributed by atoms with E-state index >= 15 is 0 Å². The first kappa shape index (κ1) is 21.0. The topological polar surface area (TPSA) is 109 Å². The van der Waals surface area contributed by atoms with Crippen molar-refractivity contribution in [3.63, 3.8) is 0 Å². The predicted molar refractivity (Wildman–Crippen MR) is 105 cm³/mol. The molecule has 1 aromatic carbocycles. The Balaban J connectivity index is 1.77. The number of aliphatic hydroxyl groups excluding tert-OH is 1. The Morgan fingerprint density at radius 1 is 1.33 bits per heavy atom. The van der Waals surface area contributed by atoms with E-state index in [4.69, 9.17) is 4.74 Å². The normalized spacial score (nSPS) is 16.9. The van der Waals surface area contributed by atoms with Crippen LogP contribution >= 0.6 is 0 Å². The maximum atomic E-state index is 10.6. The highest BCUT2D eigenvalue weighted by Gasteiger charge is 2.34. The van der Waals surface area contributed by atoms with Gasteiger partial charge in [0.05, 0.1) is 4.92 Å². The third kappa shape index (κ3) is 6.39. The molecule has 0 heterocycles. The number of ether oxygens (including phenoxy) is 1. The standard InChI is InChI=1S/C19H30N4O4/c1-3-19(10-5-11-19)14-22-18(20-4-2)21-12-16(24)13-27-17-8-6-15(7-9-17)23(25)26/h6-9,16,24H,3-5,10-14H2,1-2H3,(H2,20,21,22). The minimum atomic E-state index is -0.729. The number of hydrogen-bond donors (Lipinski definition) is 3. The van der Waals surface area contributed by atoms with Gasteiger partial charge in [-0.1, -0.05) is 13.3 Å². The molecule has 0 aliphatic heterocycles. The molecule has 1 aliphatic carbocycles. The van der Waals surface area contributed by atoms with Crippen LogP contribution in [0.25, 0.3) is 0 Å². The summed E-state index contributed by atoms with van der Waals surface area (Å²) in [5, 5.41) is 27.1. The van der Waals surface area contributed by atoms with Gasteiger partial charge in [-0.2, -0.15) is 0 Å². The third-order valence-corrected chi connectivity index (χ3v) is 5.08. The molecule has 1 unspecified atom stereocenters. The van der Waals surface area contributed by atoms with Crippen LogP contribution < -0.4 is 15.4 Å². The quantitative estimate of drug-likeness (QED) is 0.250. The molecule has 1 aromatic rings. The first-order valence-corrected chi connectivity index (χ1v) is 9.55. The molecular formula is C19H30N4O4. The van der Waals surface area contributed by atoms with E-state index in [-0.39, 0.29) is 12.3 Å². The molecule has 0 bridgehead atoms. The minimum absolute atomic E-state index is 0.00683. The van der Waals surface area contributed by atoms with Crippen molar-refractivity contribution in [3.8, 4) is 5.75 Å². The van der Waals surface area contributed by atoms with Gasteiger partial charge in [-0.05, 0) is 43.7 Å². The minimum Gasteiger partial charge on any atom is -0.491 e. The van der Waals surface area contributed by atoms with Crippen LogP contribution in [-0.4, -0.2) is 48.3 Å². The fraction of sp³-hybridized carbons (Fsp3) is 0.632. The zero-order valence-electron chi connectivity index (χ0n) is 16.1. The van der Waals surface area contributed by atoms with Crippen LogP contribution in [0.3, 0.4) is 0 Å². The average Bonchev–Trinajstić information content (AvgIpc) is 2.64. The van der Waals surface area contributed by atoms with E-state index in [9.17, 15) is 15.2 Å². The predicted octanol–water partition coefficient (Wildman–Crippen LogP) is 2.47. The molecule has 1 fully saturated rings. The molecular weight excluding hydrogens is 348 g/mol. The number of benzene rings is 1. The smallest absolute Gasteiger partial charge is 0.269 e. The lowest BCUT2D eigenvalue weighted by Gasteiger charge is -2.40. The Hall–Kier alpha value is -2.35. The number of guanidine groups is 1. The van der Waals surface area contributed by atoms with Gasteiger partial charge in [-0.25, -0.2) is 0 Å². The van der Waals surface area contributed by atoms with Gasteiger partial charge in [0.25, 0.3) is 5.69 Å². The van der Waals surface area contributed by atoms with Crippen LogP contribution in [0.2, 0.25) is 0 Å². The molecule has 0 radical (unpaired) electrons. The molecule has 150 valence electrons. The van der Waals surface area contributed by atoms with Gasteiger partial charge in [0, 0.05) is 31.8 Å². The monoisotopic (exact) mass is 378 g/mol. The Kier molecular flexibility index (Phi) is 7.84. The van der Waals surface area contributed by atoms with E-state index in [0.29, 0.717) is 23.7 Å². The Morgan fingerprint density at radius 2 is 2.04 bits per heavy atom. The van der Waals surface area contributed by atoms with Crippen molar-refractivity contribution in [2.24, 2.45) is 10.4 Å². The van der Waals surface area contributed by atoms with Gasteiger partial charge in [0.15, 0.2) is 5.96 Å². The van der Waals surface area contributed by atoms with Crippen LogP contribution in [0.4, 0.5) is 5.69 Å². The number of nitrogens with zero attached hydrogens (tertiary/aromatic N) is 2. The lowest BCUT2D eigenvalue weighted by atomic mass is 9.67. The van der Waals surface area contributed by atoms with Crippen molar-refractivity contribution in [3.05, 3.63) is 34.4 Å². The summed E-state index contributed by atoms with van der Waals surface area (Å²) < 4.78 is 5.48. The first-order chi connectivity index (χ1) is 13.0. The lowest BCUT2D eigenvalue weighted by Crippen LogP contribution is -2.43. The summed E-state index contributed by atoms with van der Waals surface area (Å²) >= 11 is 0. The van der Waals surface area contributed by atoms with Crippen molar-refractivity contribution in [2.45, 2.75) is 45.6 Å². The molecule has 2 rings (SSSR count). The van der Waals surface area contributed by atoms with Gasteiger partial charge in [0.1, 0.15) is 18.5 Å². The number of nitro groups is 1. The van der Waals surface area contributed by atoms with E-state index in [0.717, 1.165) is 19.5 Å². The molecule has 1 atom stereocenters. The van der Waals surface area contributed by atoms with Gasteiger partial charge in [-0.3, -0.25) is 15.1 Å². The highest BCUT2D eigenvalue weighted by atomic mass is 16.6. The van der Waals surface area contributed by atoms with Gasteiger partial charge >= 0.3 is 0 Å². The second-order valence-corrected chi connectivity index (χ2v) is 7.00. The van der Waals surface area contributed by atoms with E-state index in [1.165, 1.54) is 43.5 Å². The molecule has 0 spiro atoms. The largest absolute Gasteiger partial charge is 0.491 e. The van der Waals surface area contributed by atoms with Crippen molar-refractivity contribution < 1.29 is 14.8 Å². The van der Waals surface area contributed by atoms with Crippen LogP contribution in [-0.2, 0) is 0 Å². The fourth-order valence-electron chi connectivity index (χ4n) is 3.02. The van der Waals surface area contributed by atoms with Crippen LogP contribution in [0, 0.1) is 15.5 Å². The van der Waals surface area contributed by atoms with Gasteiger partial charge in [0.2, 0.25) is 0 Å². The summed E-state index contributed by atoms with van der Waals surface area (Å²) in [6.07, 6.45) is 4.16. The molecule has 0 saturated heterocycles. The summed E-state index contributed by atoms with van der Waals surface area (Å²) in [6.45, 7) is 6.16. The number of rotatable bonds is 10. The first-order valence-electron chi connectivity index (χ1n) is 9.55. The number of non-ortho nitro benzene ring substituents is 1. The summed E-state index contributed by atoms with van der Waals surface area (Å²) in [6, 6.07) is 5.79. The van der Waals surface area contributed by atoms with Crippen molar-refractivity contribution in [1.82, 2.24) is 10.6 Å².